The lowest BCUT2D eigenvalue weighted by molar-refractivity contribution is 0.0466. The Morgan fingerprint density at radius 3 is 2.33 bits per heavy atom. The summed E-state index contributed by atoms with van der Waals surface area (Å²) in [6, 6.07) is 15.4. The zero-order chi connectivity index (χ0) is 15.2. The molecule has 0 aromatic heterocycles. The van der Waals surface area contributed by atoms with Crippen LogP contribution in [0.4, 0.5) is 0 Å². The predicted molar refractivity (Wildman–Crippen MR) is 83.9 cm³/mol. The third kappa shape index (κ3) is 3.99. The van der Waals surface area contributed by atoms with Crippen molar-refractivity contribution in [1.82, 2.24) is 0 Å². The molecule has 21 heavy (non-hydrogen) atoms. The fourth-order valence-electron chi connectivity index (χ4n) is 2.18. The standard InChI is InChI=1S/C18H22O3/c1-4-14-8-10-15(11-9-14)18(19)13(2)21-17-7-5-6-16(12-17)20-3/h5-13,18-19H,4H2,1-3H3. The van der Waals surface area contributed by atoms with Crippen LogP contribution in [-0.4, -0.2) is 18.3 Å². The first-order chi connectivity index (χ1) is 10.1. The Kier molecular flexibility index (Phi) is 5.23. The summed E-state index contributed by atoms with van der Waals surface area (Å²) in [7, 11) is 1.62. The fourth-order valence-corrected chi connectivity index (χ4v) is 2.18. The molecule has 2 aromatic rings. The van der Waals surface area contributed by atoms with Gasteiger partial charge >= 0.3 is 0 Å². The van der Waals surface area contributed by atoms with Gasteiger partial charge in [0.05, 0.1) is 7.11 Å². The Morgan fingerprint density at radius 2 is 1.71 bits per heavy atom. The molecule has 0 bridgehead atoms. The van der Waals surface area contributed by atoms with E-state index < -0.39 is 6.10 Å². The van der Waals surface area contributed by atoms with Gasteiger partial charge in [0.2, 0.25) is 0 Å². The largest absolute Gasteiger partial charge is 0.497 e. The van der Waals surface area contributed by atoms with E-state index in [2.05, 4.69) is 6.92 Å². The summed E-state index contributed by atoms with van der Waals surface area (Å²) in [4.78, 5) is 0. The zero-order valence-electron chi connectivity index (χ0n) is 12.7. The first kappa shape index (κ1) is 15.4. The molecule has 2 rings (SSSR count). The molecule has 3 nitrogen and oxygen atoms in total. The van der Waals surface area contributed by atoms with E-state index in [0.29, 0.717) is 5.75 Å². The normalized spacial score (nSPS) is 13.5. The SMILES string of the molecule is CCc1ccc(C(O)C(C)Oc2cccc(OC)c2)cc1. The Labute approximate surface area is 126 Å². The molecule has 0 saturated carbocycles. The summed E-state index contributed by atoms with van der Waals surface area (Å²) in [6.07, 6.45) is -0.0154. The van der Waals surface area contributed by atoms with E-state index >= 15 is 0 Å². The molecule has 0 saturated heterocycles. The number of hydrogen-bond donors (Lipinski definition) is 1. The molecule has 0 radical (unpaired) electrons. The number of methoxy groups -OCH3 is 1. The maximum absolute atomic E-state index is 10.4. The highest BCUT2D eigenvalue weighted by atomic mass is 16.5. The lowest BCUT2D eigenvalue weighted by Crippen LogP contribution is -2.21. The van der Waals surface area contributed by atoms with Crippen LogP contribution in [0.25, 0.3) is 0 Å². The molecule has 0 spiro atoms. The van der Waals surface area contributed by atoms with Crippen molar-refractivity contribution in [3.63, 3.8) is 0 Å². The third-order valence-corrected chi connectivity index (χ3v) is 3.54. The second-order valence-electron chi connectivity index (χ2n) is 5.04. The van der Waals surface area contributed by atoms with Crippen LogP contribution in [0.15, 0.2) is 48.5 Å². The smallest absolute Gasteiger partial charge is 0.126 e. The van der Waals surface area contributed by atoms with Crippen LogP contribution in [0, 0.1) is 0 Å². The van der Waals surface area contributed by atoms with E-state index in [0.717, 1.165) is 17.7 Å². The maximum Gasteiger partial charge on any atom is 0.126 e. The zero-order valence-corrected chi connectivity index (χ0v) is 12.7. The number of aliphatic hydroxyl groups is 1. The van der Waals surface area contributed by atoms with Gasteiger partial charge in [-0.05, 0) is 36.6 Å². The van der Waals surface area contributed by atoms with Gasteiger partial charge in [0.25, 0.3) is 0 Å². The van der Waals surface area contributed by atoms with Crippen LogP contribution in [-0.2, 0) is 6.42 Å². The minimum Gasteiger partial charge on any atom is -0.497 e. The lowest BCUT2D eigenvalue weighted by Gasteiger charge is -2.21. The van der Waals surface area contributed by atoms with E-state index in [-0.39, 0.29) is 6.10 Å². The van der Waals surface area contributed by atoms with Crippen molar-refractivity contribution >= 4 is 0 Å². The number of rotatable bonds is 6. The van der Waals surface area contributed by atoms with Crippen LogP contribution in [0.3, 0.4) is 0 Å². The van der Waals surface area contributed by atoms with Crippen LogP contribution < -0.4 is 9.47 Å². The van der Waals surface area contributed by atoms with Gasteiger partial charge in [-0.1, -0.05) is 37.3 Å². The average molecular weight is 286 g/mol. The number of hydrogen-bond acceptors (Lipinski definition) is 3. The van der Waals surface area contributed by atoms with Gasteiger partial charge in [0, 0.05) is 6.07 Å². The first-order valence-electron chi connectivity index (χ1n) is 7.21. The summed E-state index contributed by atoms with van der Waals surface area (Å²) in [5, 5.41) is 10.4. The van der Waals surface area contributed by atoms with E-state index in [1.165, 1.54) is 5.56 Å². The van der Waals surface area contributed by atoms with E-state index in [1.807, 2.05) is 55.5 Å². The molecule has 0 fully saturated rings. The van der Waals surface area contributed by atoms with Crippen molar-refractivity contribution in [3.8, 4) is 11.5 Å². The molecule has 3 heteroatoms. The maximum atomic E-state index is 10.4. The van der Waals surface area contributed by atoms with Gasteiger partial charge in [0.15, 0.2) is 0 Å². The van der Waals surface area contributed by atoms with Crippen molar-refractivity contribution in [3.05, 3.63) is 59.7 Å². The van der Waals surface area contributed by atoms with Crippen molar-refractivity contribution in [2.75, 3.05) is 7.11 Å². The van der Waals surface area contributed by atoms with Gasteiger partial charge < -0.3 is 14.6 Å². The van der Waals surface area contributed by atoms with E-state index in [4.69, 9.17) is 9.47 Å². The van der Waals surface area contributed by atoms with E-state index in [1.54, 1.807) is 7.11 Å². The highest BCUT2D eigenvalue weighted by Gasteiger charge is 2.18. The van der Waals surface area contributed by atoms with E-state index in [9.17, 15) is 5.11 Å². The van der Waals surface area contributed by atoms with Gasteiger partial charge in [-0.2, -0.15) is 0 Å². The molecular formula is C18H22O3. The molecule has 0 aliphatic heterocycles. The van der Waals surface area contributed by atoms with Gasteiger partial charge in [-0.15, -0.1) is 0 Å². The number of aliphatic hydroxyl groups excluding tert-OH is 1. The molecule has 0 amide bonds. The Hall–Kier alpha value is -2.00. The summed E-state index contributed by atoms with van der Waals surface area (Å²) in [6.45, 7) is 3.97. The molecule has 0 aliphatic rings. The monoisotopic (exact) mass is 286 g/mol. The summed E-state index contributed by atoms with van der Waals surface area (Å²) < 4.78 is 11.0. The minimum atomic E-state index is -0.665. The predicted octanol–water partition coefficient (Wildman–Crippen LogP) is 3.76. The Morgan fingerprint density at radius 1 is 1.05 bits per heavy atom. The summed E-state index contributed by atoms with van der Waals surface area (Å²) >= 11 is 0. The molecule has 0 aliphatic carbocycles. The average Bonchev–Trinajstić information content (AvgIpc) is 2.54. The summed E-state index contributed by atoms with van der Waals surface area (Å²) in [5.74, 6) is 1.42. The van der Waals surface area contributed by atoms with Gasteiger partial charge in [-0.25, -0.2) is 0 Å². The summed E-state index contributed by atoms with van der Waals surface area (Å²) in [5.41, 5.74) is 2.12. The molecule has 112 valence electrons. The van der Waals surface area contributed by atoms with Crippen molar-refractivity contribution in [2.45, 2.75) is 32.5 Å². The number of aryl methyl sites for hydroxylation is 1. The molecule has 1 N–H and O–H groups in total. The minimum absolute atomic E-state index is 0.343. The lowest BCUT2D eigenvalue weighted by atomic mass is 10.0. The first-order valence-corrected chi connectivity index (χ1v) is 7.21. The second kappa shape index (κ2) is 7.14. The molecule has 2 aromatic carbocycles. The molecule has 0 heterocycles. The fraction of sp³-hybridized carbons (Fsp3) is 0.333. The third-order valence-electron chi connectivity index (χ3n) is 3.54. The van der Waals surface area contributed by atoms with Crippen molar-refractivity contribution in [2.24, 2.45) is 0 Å². The highest BCUT2D eigenvalue weighted by Crippen LogP contribution is 2.25. The highest BCUT2D eigenvalue weighted by molar-refractivity contribution is 5.33. The van der Waals surface area contributed by atoms with Crippen LogP contribution in [0.2, 0.25) is 0 Å². The molecule has 2 unspecified atom stereocenters. The Balaban J connectivity index is 2.05. The quantitative estimate of drug-likeness (QED) is 0.878. The topological polar surface area (TPSA) is 38.7 Å². The van der Waals surface area contributed by atoms with Crippen LogP contribution in [0.5, 0.6) is 11.5 Å². The molecule has 2 atom stereocenters. The van der Waals surface area contributed by atoms with Crippen LogP contribution >= 0.6 is 0 Å². The van der Waals surface area contributed by atoms with Gasteiger partial charge in [-0.3, -0.25) is 0 Å². The van der Waals surface area contributed by atoms with Gasteiger partial charge in [0.1, 0.15) is 23.7 Å². The van der Waals surface area contributed by atoms with Crippen molar-refractivity contribution in [1.29, 1.82) is 0 Å². The number of ether oxygens (including phenoxy) is 2. The van der Waals surface area contributed by atoms with Crippen molar-refractivity contribution < 1.29 is 14.6 Å². The number of benzene rings is 2. The Bertz CT molecular complexity index is 563. The second-order valence-corrected chi connectivity index (χ2v) is 5.04. The van der Waals surface area contributed by atoms with Crippen LogP contribution in [0.1, 0.15) is 31.1 Å². The molecular weight excluding hydrogens is 264 g/mol.